The molecule has 0 N–H and O–H groups in total. The first-order valence-corrected chi connectivity index (χ1v) is 7.26. The van der Waals surface area contributed by atoms with Gasteiger partial charge in [-0.15, -0.1) is 0 Å². The molecule has 0 saturated carbocycles. The summed E-state index contributed by atoms with van der Waals surface area (Å²) in [6.45, 7) is 6.75. The summed E-state index contributed by atoms with van der Waals surface area (Å²) in [7, 11) is 0. The third-order valence-electron chi connectivity index (χ3n) is 4.04. The molecule has 2 aromatic rings. The van der Waals surface area contributed by atoms with Gasteiger partial charge in [0, 0.05) is 18.5 Å². The fourth-order valence-corrected chi connectivity index (χ4v) is 2.94. The highest BCUT2D eigenvalue weighted by Gasteiger charge is 2.19. The van der Waals surface area contributed by atoms with E-state index in [-0.39, 0.29) is 0 Å². The van der Waals surface area contributed by atoms with Gasteiger partial charge in [-0.1, -0.05) is 19.9 Å². The molecule has 0 aliphatic carbocycles. The second kappa shape index (κ2) is 5.16. The summed E-state index contributed by atoms with van der Waals surface area (Å²) in [6, 6.07) is 6.54. The Labute approximate surface area is 114 Å². The number of nitrogens with zero attached hydrogens (tertiary/aromatic N) is 3. The SMILES string of the molecule is CCc1ccc2ncnc(N3CCCC(C)C3)c2c1. The molecule has 1 unspecified atom stereocenters. The third-order valence-corrected chi connectivity index (χ3v) is 4.04. The number of aromatic nitrogens is 2. The van der Waals surface area contributed by atoms with Crippen molar-refractivity contribution in [3.8, 4) is 0 Å². The fourth-order valence-electron chi connectivity index (χ4n) is 2.94. The number of piperidine rings is 1. The number of fused-ring (bicyclic) bond motifs is 1. The van der Waals surface area contributed by atoms with Gasteiger partial charge in [-0.3, -0.25) is 0 Å². The molecule has 1 fully saturated rings. The number of hydrogen-bond donors (Lipinski definition) is 0. The van der Waals surface area contributed by atoms with Crippen LogP contribution in [0.3, 0.4) is 0 Å². The highest BCUT2D eigenvalue weighted by Crippen LogP contribution is 2.28. The Bertz CT molecular complexity index is 579. The summed E-state index contributed by atoms with van der Waals surface area (Å²) < 4.78 is 0. The minimum atomic E-state index is 0.758. The summed E-state index contributed by atoms with van der Waals surface area (Å²) in [5.74, 6) is 1.87. The Morgan fingerprint density at radius 2 is 2.21 bits per heavy atom. The lowest BCUT2D eigenvalue weighted by Crippen LogP contribution is -2.35. The molecule has 0 radical (unpaired) electrons. The molecule has 100 valence electrons. The number of benzene rings is 1. The van der Waals surface area contributed by atoms with Gasteiger partial charge in [0.1, 0.15) is 12.1 Å². The van der Waals surface area contributed by atoms with Crippen molar-refractivity contribution in [2.24, 2.45) is 5.92 Å². The van der Waals surface area contributed by atoms with E-state index in [2.05, 4.69) is 46.9 Å². The largest absolute Gasteiger partial charge is 0.356 e. The van der Waals surface area contributed by atoms with E-state index in [0.29, 0.717) is 0 Å². The van der Waals surface area contributed by atoms with E-state index in [0.717, 1.165) is 36.8 Å². The van der Waals surface area contributed by atoms with E-state index >= 15 is 0 Å². The first-order chi connectivity index (χ1) is 9.28. The molecule has 19 heavy (non-hydrogen) atoms. The number of hydrogen-bond acceptors (Lipinski definition) is 3. The van der Waals surface area contributed by atoms with Gasteiger partial charge < -0.3 is 4.90 Å². The Balaban J connectivity index is 2.06. The quantitative estimate of drug-likeness (QED) is 0.823. The van der Waals surface area contributed by atoms with Crippen LogP contribution in [0.1, 0.15) is 32.3 Å². The molecule has 1 aromatic carbocycles. The Kier molecular flexibility index (Phi) is 3.36. The molecule has 1 atom stereocenters. The van der Waals surface area contributed by atoms with E-state index < -0.39 is 0 Å². The molecule has 0 bridgehead atoms. The van der Waals surface area contributed by atoms with Crippen molar-refractivity contribution in [1.29, 1.82) is 0 Å². The minimum absolute atomic E-state index is 0.758. The normalized spacial score (nSPS) is 19.9. The first-order valence-electron chi connectivity index (χ1n) is 7.26. The zero-order chi connectivity index (χ0) is 13.2. The van der Waals surface area contributed by atoms with Gasteiger partial charge in [-0.25, -0.2) is 9.97 Å². The van der Waals surface area contributed by atoms with Crippen LogP contribution in [0.15, 0.2) is 24.5 Å². The molecule has 1 aromatic heterocycles. The van der Waals surface area contributed by atoms with E-state index in [9.17, 15) is 0 Å². The molecule has 3 rings (SSSR count). The van der Waals surface area contributed by atoms with E-state index in [1.54, 1.807) is 6.33 Å². The maximum Gasteiger partial charge on any atom is 0.139 e. The lowest BCUT2D eigenvalue weighted by molar-refractivity contribution is 0.445. The van der Waals surface area contributed by atoms with Gasteiger partial charge in [0.2, 0.25) is 0 Å². The van der Waals surface area contributed by atoms with Crippen LogP contribution in [-0.2, 0) is 6.42 Å². The number of aryl methyl sites for hydroxylation is 1. The summed E-state index contributed by atoms with van der Waals surface area (Å²) in [5.41, 5.74) is 2.41. The van der Waals surface area contributed by atoms with Crippen LogP contribution in [0.4, 0.5) is 5.82 Å². The minimum Gasteiger partial charge on any atom is -0.356 e. The Hall–Kier alpha value is -1.64. The smallest absolute Gasteiger partial charge is 0.139 e. The molecule has 1 aliphatic rings. The molecule has 2 heterocycles. The molecule has 0 spiro atoms. The summed E-state index contributed by atoms with van der Waals surface area (Å²) in [4.78, 5) is 11.4. The van der Waals surface area contributed by atoms with Gasteiger partial charge in [0.15, 0.2) is 0 Å². The predicted octanol–water partition coefficient (Wildman–Crippen LogP) is 3.43. The molecule has 3 heteroatoms. The molecule has 1 saturated heterocycles. The summed E-state index contributed by atoms with van der Waals surface area (Å²) in [6.07, 6.45) is 5.35. The van der Waals surface area contributed by atoms with E-state index in [1.807, 2.05) is 0 Å². The topological polar surface area (TPSA) is 29.0 Å². The number of rotatable bonds is 2. The highest BCUT2D eigenvalue weighted by atomic mass is 15.2. The lowest BCUT2D eigenvalue weighted by atomic mass is 10.00. The van der Waals surface area contributed by atoms with Crippen molar-refractivity contribution < 1.29 is 0 Å². The predicted molar refractivity (Wildman–Crippen MR) is 79.5 cm³/mol. The van der Waals surface area contributed by atoms with Crippen molar-refractivity contribution >= 4 is 16.7 Å². The molecular weight excluding hydrogens is 234 g/mol. The maximum absolute atomic E-state index is 4.56. The van der Waals surface area contributed by atoms with Crippen LogP contribution in [0.5, 0.6) is 0 Å². The second-order valence-corrected chi connectivity index (χ2v) is 5.60. The zero-order valence-electron chi connectivity index (χ0n) is 11.8. The van der Waals surface area contributed by atoms with Crippen LogP contribution < -0.4 is 4.90 Å². The van der Waals surface area contributed by atoms with Crippen molar-refractivity contribution in [3.05, 3.63) is 30.1 Å². The van der Waals surface area contributed by atoms with Crippen LogP contribution in [0, 0.1) is 5.92 Å². The van der Waals surface area contributed by atoms with Crippen LogP contribution >= 0.6 is 0 Å². The summed E-state index contributed by atoms with van der Waals surface area (Å²) in [5, 5.41) is 1.20. The van der Waals surface area contributed by atoms with E-state index in [1.165, 1.54) is 23.8 Å². The fraction of sp³-hybridized carbons (Fsp3) is 0.500. The van der Waals surface area contributed by atoms with Crippen molar-refractivity contribution in [1.82, 2.24) is 9.97 Å². The monoisotopic (exact) mass is 255 g/mol. The van der Waals surface area contributed by atoms with Crippen LogP contribution in [0.25, 0.3) is 10.9 Å². The number of anilines is 1. The molecule has 0 amide bonds. The standard InChI is InChI=1S/C16H21N3/c1-3-13-6-7-15-14(9-13)16(18-11-17-15)19-8-4-5-12(2)10-19/h6-7,9,11-12H,3-5,8,10H2,1-2H3. The second-order valence-electron chi connectivity index (χ2n) is 5.60. The van der Waals surface area contributed by atoms with Crippen LogP contribution in [-0.4, -0.2) is 23.1 Å². The van der Waals surface area contributed by atoms with Gasteiger partial charge >= 0.3 is 0 Å². The van der Waals surface area contributed by atoms with Crippen molar-refractivity contribution in [3.63, 3.8) is 0 Å². The van der Waals surface area contributed by atoms with Gasteiger partial charge in [-0.05, 0) is 42.9 Å². The molecular formula is C16H21N3. The van der Waals surface area contributed by atoms with E-state index in [4.69, 9.17) is 0 Å². The molecule has 1 aliphatic heterocycles. The van der Waals surface area contributed by atoms with Gasteiger partial charge in [0.05, 0.1) is 5.52 Å². The maximum atomic E-state index is 4.56. The average Bonchev–Trinajstić information content (AvgIpc) is 2.46. The van der Waals surface area contributed by atoms with Gasteiger partial charge in [0.25, 0.3) is 0 Å². The average molecular weight is 255 g/mol. The van der Waals surface area contributed by atoms with Crippen molar-refractivity contribution in [2.75, 3.05) is 18.0 Å². The van der Waals surface area contributed by atoms with Crippen LogP contribution in [0.2, 0.25) is 0 Å². The Morgan fingerprint density at radius 3 is 3.00 bits per heavy atom. The highest BCUT2D eigenvalue weighted by molar-refractivity contribution is 5.89. The van der Waals surface area contributed by atoms with Crippen molar-refractivity contribution in [2.45, 2.75) is 33.1 Å². The zero-order valence-corrected chi connectivity index (χ0v) is 11.8. The Morgan fingerprint density at radius 1 is 1.32 bits per heavy atom. The lowest BCUT2D eigenvalue weighted by Gasteiger charge is -2.32. The molecule has 3 nitrogen and oxygen atoms in total. The summed E-state index contributed by atoms with van der Waals surface area (Å²) >= 11 is 0. The first kappa shape index (κ1) is 12.4. The third kappa shape index (κ3) is 2.42. The van der Waals surface area contributed by atoms with Gasteiger partial charge in [-0.2, -0.15) is 0 Å².